The van der Waals surface area contributed by atoms with Crippen LogP contribution in [0.2, 0.25) is 0 Å². The summed E-state index contributed by atoms with van der Waals surface area (Å²) in [6.07, 6.45) is 1.83. The molecule has 2 heterocycles. The zero-order valence-electron chi connectivity index (χ0n) is 14.4. The molecule has 1 aromatic heterocycles. The molecule has 0 aliphatic carbocycles. The van der Waals surface area contributed by atoms with Gasteiger partial charge in [0.05, 0.1) is 5.69 Å². The average Bonchev–Trinajstić information content (AvgIpc) is 2.67. The quantitative estimate of drug-likeness (QED) is 0.671. The zero-order valence-corrected chi connectivity index (χ0v) is 15.3. The molecule has 0 amide bonds. The van der Waals surface area contributed by atoms with Crippen LogP contribution in [-0.2, 0) is 23.0 Å². The van der Waals surface area contributed by atoms with Crippen LogP contribution in [0.5, 0.6) is 0 Å². The highest BCUT2D eigenvalue weighted by Gasteiger charge is 2.31. The number of halogens is 3. The van der Waals surface area contributed by atoms with Crippen LogP contribution >= 0.6 is 0 Å². The maximum absolute atomic E-state index is 14.0. The first-order valence-corrected chi connectivity index (χ1v) is 9.84. The lowest BCUT2D eigenvalue weighted by Gasteiger charge is -2.27. The van der Waals surface area contributed by atoms with Crippen molar-refractivity contribution in [3.63, 3.8) is 0 Å². The Hall–Kier alpha value is -2.78. The third-order valence-electron chi connectivity index (χ3n) is 4.51. The van der Waals surface area contributed by atoms with Gasteiger partial charge in [0.15, 0.2) is 5.82 Å². The van der Waals surface area contributed by atoms with E-state index >= 15 is 0 Å². The van der Waals surface area contributed by atoms with Crippen molar-refractivity contribution in [2.24, 2.45) is 0 Å². The number of hydrogen-bond acceptors (Lipinski definition) is 4. The van der Waals surface area contributed by atoms with E-state index in [1.54, 1.807) is 12.1 Å². The van der Waals surface area contributed by atoms with Gasteiger partial charge in [0.1, 0.15) is 22.3 Å². The predicted octanol–water partition coefficient (Wildman–Crippen LogP) is 3.31. The highest BCUT2D eigenvalue weighted by Crippen LogP contribution is 2.27. The summed E-state index contributed by atoms with van der Waals surface area (Å²) in [5.41, 5.74) is 1.93. The van der Waals surface area contributed by atoms with Gasteiger partial charge in [-0.05, 0) is 36.4 Å². The number of benzene rings is 2. The Bertz CT molecular complexity index is 1150. The van der Waals surface area contributed by atoms with Gasteiger partial charge >= 0.3 is 0 Å². The molecule has 144 valence electrons. The van der Waals surface area contributed by atoms with E-state index in [2.05, 4.69) is 9.97 Å². The number of nitrogens with zero attached hydrogens (tertiary/aromatic N) is 3. The summed E-state index contributed by atoms with van der Waals surface area (Å²) >= 11 is 0. The summed E-state index contributed by atoms with van der Waals surface area (Å²) in [4.78, 5) is 8.12. The fraction of sp³-hybridized carbons (Fsp3) is 0.158. The van der Waals surface area contributed by atoms with Crippen LogP contribution < -0.4 is 0 Å². The van der Waals surface area contributed by atoms with Crippen LogP contribution in [0.25, 0.3) is 11.4 Å². The van der Waals surface area contributed by atoms with Crippen LogP contribution in [0.15, 0.2) is 53.6 Å². The molecular weight excluding hydrogens is 391 g/mol. The molecule has 28 heavy (non-hydrogen) atoms. The fourth-order valence-electron chi connectivity index (χ4n) is 3.06. The molecule has 0 saturated heterocycles. The number of rotatable bonds is 3. The van der Waals surface area contributed by atoms with Crippen molar-refractivity contribution in [2.75, 3.05) is 6.54 Å². The number of hydrogen-bond donors (Lipinski definition) is 0. The smallest absolute Gasteiger partial charge is 0.236 e. The Morgan fingerprint density at radius 1 is 0.964 bits per heavy atom. The van der Waals surface area contributed by atoms with Crippen LogP contribution in [0.3, 0.4) is 0 Å². The maximum atomic E-state index is 14.0. The van der Waals surface area contributed by atoms with E-state index in [0.717, 1.165) is 16.4 Å². The molecule has 4 rings (SSSR count). The molecule has 1 aliphatic heterocycles. The van der Waals surface area contributed by atoms with Gasteiger partial charge in [-0.3, -0.25) is 0 Å². The Kier molecular flexibility index (Phi) is 4.64. The van der Waals surface area contributed by atoms with Crippen molar-refractivity contribution in [3.8, 4) is 11.4 Å². The highest BCUT2D eigenvalue weighted by molar-refractivity contribution is 7.89. The molecule has 0 spiro atoms. The first-order valence-electron chi connectivity index (χ1n) is 8.40. The van der Waals surface area contributed by atoms with Gasteiger partial charge in [-0.1, -0.05) is 0 Å². The van der Waals surface area contributed by atoms with Crippen LogP contribution in [-0.4, -0.2) is 29.2 Å². The third kappa shape index (κ3) is 3.38. The molecular formula is C19H14F3N3O2S. The molecule has 0 fully saturated rings. The summed E-state index contributed by atoms with van der Waals surface area (Å²) in [5, 5.41) is 0. The van der Waals surface area contributed by atoms with Crippen molar-refractivity contribution < 1.29 is 21.6 Å². The molecule has 0 bridgehead atoms. The molecule has 0 atom stereocenters. The average molecular weight is 405 g/mol. The molecule has 0 unspecified atom stereocenters. The second-order valence-corrected chi connectivity index (χ2v) is 8.24. The summed E-state index contributed by atoms with van der Waals surface area (Å²) in [5.74, 6) is -1.92. The molecule has 0 radical (unpaired) electrons. The first kappa shape index (κ1) is 18.6. The number of aromatic nitrogens is 2. The lowest BCUT2D eigenvalue weighted by molar-refractivity contribution is 0.384. The second kappa shape index (κ2) is 6.99. The maximum Gasteiger partial charge on any atom is 0.246 e. The van der Waals surface area contributed by atoms with Crippen molar-refractivity contribution in [1.82, 2.24) is 14.3 Å². The molecule has 3 aromatic rings. The first-order chi connectivity index (χ1) is 13.3. The van der Waals surface area contributed by atoms with E-state index in [4.69, 9.17) is 0 Å². The predicted molar refractivity (Wildman–Crippen MR) is 95.1 cm³/mol. The summed E-state index contributed by atoms with van der Waals surface area (Å²) < 4.78 is 66.7. The van der Waals surface area contributed by atoms with Gasteiger partial charge in [0.25, 0.3) is 0 Å². The minimum Gasteiger partial charge on any atom is -0.236 e. The van der Waals surface area contributed by atoms with Gasteiger partial charge in [-0.15, -0.1) is 0 Å². The van der Waals surface area contributed by atoms with E-state index in [1.165, 1.54) is 18.3 Å². The monoisotopic (exact) mass is 405 g/mol. The SMILES string of the molecule is O=S(=O)(c1ccc(F)cc1F)N1CCc2nc(-c3ccc(F)cc3)ncc2C1. The van der Waals surface area contributed by atoms with Gasteiger partial charge in [-0.2, -0.15) is 4.31 Å². The van der Waals surface area contributed by atoms with Crippen molar-refractivity contribution in [1.29, 1.82) is 0 Å². The van der Waals surface area contributed by atoms with Crippen LogP contribution in [0, 0.1) is 17.5 Å². The van der Waals surface area contributed by atoms with E-state index in [9.17, 15) is 21.6 Å². The Morgan fingerprint density at radius 2 is 1.68 bits per heavy atom. The number of fused-ring (bicyclic) bond motifs is 1. The van der Waals surface area contributed by atoms with Crippen molar-refractivity contribution in [3.05, 3.63) is 77.4 Å². The zero-order chi connectivity index (χ0) is 19.9. The van der Waals surface area contributed by atoms with Crippen LogP contribution in [0.1, 0.15) is 11.3 Å². The fourth-order valence-corrected chi connectivity index (χ4v) is 4.52. The molecule has 0 saturated carbocycles. The minimum atomic E-state index is -4.12. The number of sulfonamides is 1. The molecule has 9 heteroatoms. The van der Waals surface area contributed by atoms with Gasteiger partial charge in [0, 0.05) is 42.9 Å². The van der Waals surface area contributed by atoms with Gasteiger partial charge in [0.2, 0.25) is 10.0 Å². The molecule has 2 aromatic carbocycles. The van der Waals surface area contributed by atoms with Gasteiger partial charge in [-0.25, -0.2) is 31.6 Å². The molecule has 1 aliphatic rings. The van der Waals surface area contributed by atoms with E-state index in [1.807, 2.05) is 0 Å². The topological polar surface area (TPSA) is 63.2 Å². The van der Waals surface area contributed by atoms with E-state index in [-0.39, 0.29) is 18.9 Å². The van der Waals surface area contributed by atoms with Gasteiger partial charge < -0.3 is 0 Å². The second-order valence-electron chi connectivity index (χ2n) is 6.34. The lowest BCUT2D eigenvalue weighted by atomic mass is 10.1. The van der Waals surface area contributed by atoms with E-state index < -0.39 is 26.6 Å². The Morgan fingerprint density at radius 3 is 2.39 bits per heavy atom. The summed E-state index contributed by atoms with van der Waals surface area (Å²) in [6, 6.07) is 8.12. The highest BCUT2D eigenvalue weighted by atomic mass is 32.2. The van der Waals surface area contributed by atoms with Crippen molar-refractivity contribution in [2.45, 2.75) is 17.9 Å². The summed E-state index contributed by atoms with van der Waals surface area (Å²) in [6.45, 7) is 0.0875. The molecule has 5 nitrogen and oxygen atoms in total. The van der Waals surface area contributed by atoms with E-state index in [0.29, 0.717) is 35.1 Å². The Balaban J connectivity index is 1.62. The largest absolute Gasteiger partial charge is 0.246 e. The minimum absolute atomic E-state index is 0.0157. The Labute approximate surface area is 159 Å². The molecule has 0 N–H and O–H groups in total. The third-order valence-corrected chi connectivity index (χ3v) is 6.39. The van der Waals surface area contributed by atoms with Crippen LogP contribution in [0.4, 0.5) is 13.2 Å². The normalized spacial score (nSPS) is 14.7. The lowest BCUT2D eigenvalue weighted by Crippen LogP contribution is -2.37. The van der Waals surface area contributed by atoms with Crippen molar-refractivity contribution >= 4 is 10.0 Å². The summed E-state index contributed by atoms with van der Waals surface area (Å²) in [7, 11) is -4.12. The standard InChI is InChI=1S/C19H14F3N3O2S/c20-14-3-1-12(2-4-14)19-23-10-13-11-25(8-7-17(13)24-19)28(26,27)18-6-5-15(21)9-16(18)22/h1-6,9-10H,7-8,11H2.